The lowest BCUT2D eigenvalue weighted by Crippen LogP contribution is -2.38. The number of carbonyl (C=O) groups is 2. The zero-order chi connectivity index (χ0) is 13.2. The van der Waals surface area contributed by atoms with Gasteiger partial charge in [-0.1, -0.05) is 30.3 Å². The van der Waals surface area contributed by atoms with Crippen LogP contribution in [0.25, 0.3) is 0 Å². The molecule has 0 bridgehead atoms. The molecule has 0 unspecified atom stereocenters. The van der Waals surface area contributed by atoms with E-state index < -0.39 is 6.09 Å². The Kier molecular flexibility index (Phi) is 9.20. The molecule has 0 saturated heterocycles. The van der Waals surface area contributed by atoms with Crippen molar-refractivity contribution in [2.75, 3.05) is 13.7 Å². The molecule has 106 valence electrons. The smallest absolute Gasteiger partial charge is 0.421 e. The summed E-state index contributed by atoms with van der Waals surface area (Å²) in [6.07, 6.45) is -0.418. The molecule has 0 aromatic heterocycles. The van der Waals surface area contributed by atoms with Crippen LogP contribution in [0.15, 0.2) is 30.3 Å². The second kappa shape index (κ2) is 10.2. The van der Waals surface area contributed by atoms with Crippen LogP contribution in [-0.4, -0.2) is 25.7 Å². The molecule has 0 atom stereocenters. The molecule has 0 heterocycles. The van der Waals surface area contributed by atoms with Gasteiger partial charge in [0.1, 0.15) is 6.61 Å². The highest BCUT2D eigenvalue weighted by atomic mass is 35.5. The highest BCUT2D eigenvalue weighted by molar-refractivity contribution is 5.85. The fraction of sp³-hybridized carbons (Fsp3) is 0.333. The number of hydrazine groups is 1. The Morgan fingerprint density at radius 2 is 1.89 bits per heavy atom. The van der Waals surface area contributed by atoms with Crippen LogP contribution in [0.5, 0.6) is 0 Å². The van der Waals surface area contributed by atoms with E-state index in [2.05, 4.69) is 15.6 Å². The van der Waals surface area contributed by atoms with Crippen LogP contribution in [0.1, 0.15) is 12.0 Å². The van der Waals surface area contributed by atoms with Crippen molar-refractivity contribution in [1.29, 1.82) is 0 Å². The van der Waals surface area contributed by atoms with E-state index in [1.807, 2.05) is 30.3 Å². The third-order valence-electron chi connectivity index (χ3n) is 2.08. The molecule has 0 aliphatic carbocycles. The van der Waals surface area contributed by atoms with Crippen LogP contribution in [0.4, 0.5) is 4.79 Å². The summed E-state index contributed by atoms with van der Waals surface area (Å²) in [5.74, 6) is -0.345. The number of benzene rings is 1. The van der Waals surface area contributed by atoms with Gasteiger partial charge in [-0.2, -0.15) is 0 Å². The van der Waals surface area contributed by atoms with E-state index in [4.69, 9.17) is 4.74 Å². The zero-order valence-electron chi connectivity index (χ0n) is 10.5. The summed E-state index contributed by atoms with van der Waals surface area (Å²) < 4.78 is 9.37. The number of hydrogen-bond donors (Lipinski definition) is 2. The first-order valence-corrected chi connectivity index (χ1v) is 5.48. The second-order valence-corrected chi connectivity index (χ2v) is 3.44. The van der Waals surface area contributed by atoms with Crippen molar-refractivity contribution in [2.45, 2.75) is 13.0 Å². The molecule has 1 aromatic carbocycles. The Bertz CT molecular complexity index is 387. The highest BCUT2D eigenvalue weighted by Crippen LogP contribution is 1.99. The fourth-order valence-electron chi connectivity index (χ4n) is 1.16. The molecule has 0 spiro atoms. The molecule has 0 fully saturated rings. The van der Waals surface area contributed by atoms with Crippen LogP contribution in [0.3, 0.4) is 0 Å². The lowest BCUT2D eigenvalue weighted by atomic mass is 10.2. The van der Waals surface area contributed by atoms with Gasteiger partial charge in [0.15, 0.2) is 0 Å². The van der Waals surface area contributed by atoms with E-state index in [1.54, 1.807) is 0 Å². The minimum atomic E-state index is -0.594. The predicted molar refractivity (Wildman–Crippen MR) is 71.6 cm³/mol. The average Bonchev–Trinajstić information content (AvgIpc) is 2.42. The number of ether oxygens (including phenoxy) is 2. The van der Waals surface area contributed by atoms with Crippen LogP contribution in [-0.2, 0) is 20.9 Å². The van der Waals surface area contributed by atoms with E-state index in [9.17, 15) is 9.59 Å². The van der Waals surface area contributed by atoms with Gasteiger partial charge >= 0.3 is 12.1 Å². The summed E-state index contributed by atoms with van der Waals surface area (Å²) >= 11 is 0. The molecule has 7 heteroatoms. The molecule has 1 aromatic rings. The number of esters is 1. The first kappa shape index (κ1) is 17.2. The Balaban J connectivity index is 0.00000324. The number of rotatable bonds is 6. The summed E-state index contributed by atoms with van der Waals surface area (Å²) in [7, 11) is 1.31. The monoisotopic (exact) mass is 288 g/mol. The van der Waals surface area contributed by atoms with Crippen LogP contribution in [0.2, 0.25) is 0 Å². The maximum absolute atomic E-state index is 11.2. The minimum Gasteiger partial charge on any atom is -0.469 e. The van der Waals surface area contributed by atoms with Crippen molar-refractivity contribution in [2.24, 2.45) is 0 Å². The molecule has 1 rings (SSSR count). The van der Waals surface area contributed by atoms with Gasteiger partial charge in [0.05, 0.1) is 13.5 Å². The fourth-order valence-corrected chi connectivity index (χ4v) is 1.16. The molecule has 0 aliphatic rings. The number of carbonyl (C=O) groups excluding carboxylic acids is 2. The highest BCUT2D eigenvalue weighted by Gasteiger charge is 2.03. The van der Waals surface area contributed by atoms with Gasteiger partial charge in [-0.05, 0) is 5.56 Å². The minimum absolute atomic E-state index is 0. The van der Waals surface area contributed by atoms with Gasteiger partial charge in [-0.15, -0.1) is 12.4 Å². The van der Waals surface area contributed by atoms with Crippen molar-refractivity contribution in [3.8, 4) is 0 Å². The van der Waals surface area contributed by atoms with Gasteiger partial charge in [0.2, 0.25) is 0 Å². The summed E-state index contributed by atoms with van der Waals surface area (Å²) in [5, 5.41) is 0. The molecule has 0 saturated carbocycles. The average molecular weight is 289 g/mol. The topological polar surface area (TPSA) is 76.7 Å². The zero-order valence-corrected chi connectivity index (χ0v) is 11.4. The standard InChI is InChI=1S/C12H16N2O4.ClH/c1-17-11(15)7-8-13-14-12(16)18-9-10-5-3-2-4-6-10;/h2-6,13H,7-9H2,1H3,(H,14,16);1H. The van der Waals surface area contributed by atoms with Gasteiger partial charge in [0.25, 0.3) is 0 Å². The number of halogens is 1. The SMILES string of the molecule is COC(=O)CCNNC(=O)OCc1ccccc1.Cl. The lowest BCUT2D eigenvalue weighted by Gasteiger charge is -2.07. The quantitative estimate of drug-likeness (QED) is 0.470. The summed E-state index contributed by atoms with van der Waals surface area (Å²) in [6, 6.07) is 9.34. The summed E-state index contributed by atoms with van der Waals surface area (Å²) in [5.41, 5.74) is 5.78. The normalized spacial score (nSPS) is 9.11. The third kappa shape index (κ3) is 8.01. The van der Waals surface area contributed by atoms with E-state index >= 15 is 0 Å². The lowest BCUT2D eigenvalue weighted by molar-refractivity contribution is -0.140. The molecular formula is C12H17ClN2O4. The first-order chi connectivity index (χ1) is 8.72. The third-order valence-corrected chi connectivity index (χ3v) is 2.08. The van der Waals surface area contributed by atoms with Gasteiger partial charge in [0, 0.05) is 6.54 Å². The second-order valence-electron chi connectivity index (χ2n) is 3.44. The number of amides is 1. The Morgan fingerprint density at radius 3 is 2.53 bits per heavy atom. The Morgan fingerprint density at radius 1 is 1.21 bits per heavy atom. The van der Waals surface area contributed by atoms with Crippen molar-refractivity contribution in [1.82, 2.24) is 10.9 Å². The number of methoxy groups -OCH3 is 1. The van der Waals surface area contributed by atoms with Crippen molar-refractivity contribution >= 4 is 24.5 Å². The molecule has 0 aliphatic heterocycles. The van der Waals surface area contributed by atoms with Crippen molar-refractivity contribution < 1.29 is 19.1 Å². The molecule has 6 nitrogen and oxygen atoms in total. The maximum atomic E-state index is 11.2. The number of hydrogen-bond acceptors (Lipinski definition) is 5. The first-order valence-electron chi connectivity index (χ1n) is 5.48. The van der Waals surface area contributed by atoms with E-state index in [1.165, 1.54) is 7.11 Å². The predicted octanol–water partition coefficient (Wildman–Crippen LogP) is 1.40. The molecule has 2 N–H and O–H groups in total. The van der Waals surface area contributed by atoms with Crippen molar-refractivity contribution in [3.63, 3.8) is 0 Å². The number of nitrogens with one attached hydrogen (secondary N) is 2. The molecule has 1 amide bonds. The largest absolute Gasteiger partial charge is 0.469 e. The summed E-state index contributed by atoms with van der Waals surface area (Å²) in [6.45, 7) is 0.485. The van der Waals surface area contributed by atoms with E-state index in [-0.39, 0.29) is 37.9 Å². The van der Waals surface area contributed by atoms with Crippen LogP contribution < -0.4 is 10.9 Å². The van der Waals surface area contributed by atoms with Gasteiger partial charge < -0.3 is 9.47 Å². The Labute approximate surface area is 117 Å². The molecular weight excluding hydrogens is 272 g/mol. The van der Waals surface area contributed by atoms with Crippen molar-refractivity contribution in [3.05, 3.63) is 35.9 Å². The van der Waals surface area contributed by atoms with Gasteiger partial charge in [-0.3, -0.25) is 10.2 Å². The van der Waals surface area contributed by atoms with Gasteiger partial charge in [-0.25, -0.2) is 10.2 Å². The summed E-state index contributed by atoms with van der Waals surface area (Å²) in [4.78, 5) is 22.0. The molecule has 0 radical (unpaired) electrons. The van der Waals surface area contributed by atoms with E-state index in [0.29, 0.717) is 0 Å². The molecule has 19 heavy (non-hydrogen) atoms. The Hall–Kier alpha value is -1.79. The van der Waals surface area contributed by atoms with Crippen LogP contribution in [0, 0.1) is 0 Å². The van der Waals surface area contributed by atoms with E-state index in [0.717, 1.165) is 5.56 Å². The maximum Gasteiger partial charge on any atom is 0.421 e. The van der Waals surface area contributed by atoms with Crippen LogP contribution >= 0.6 is 12.4 Å².